The molecule has 0 spiro atoms. The lowest BCUT2D eigenvalue weighted by atomic mass is 9.97. The zero-order valence-electron chi connectivity index (χ0n) is 30.2. The Morgan fingerprint density at radius 3 is 1.93 bits per heavy atom. The van der Waals surface area contributed by atoms with Crippen LogP contribution in [0, 0.1) is 10.1 Å². The van der Waals surface area contributed by atoms with Crippen molar-refractivity contribution in [2.45, 2.75) is 80.7 Å². The van der Waals surface area contributed by atoms with Crippen LogP contribution in [-0.4, -0.2) is 136 Å². The minimum Gasteiger partial charge on any atom is -0.494 e. The van der Waals surface area contributed by atoms with Crippen LogP contribution in [0.5, 0.6) is 11.5 Å². The number of non-ortho nitro benzene ring substituents is 1. The predicted molar refractivity (Wildman–Crippen MR) is 193 cm³/mol. The highest BCUT2D eigenvalue weighted by Gasteiger charge is 2.50. The van der Waals surface area contributed by atoms with Crippen LogP contribution in [0.15, 0.2) is 87.2 Å². The molecule has 0 aliphatic carbocycles. The third-order valence-corrected chi connectivity index (χ3v) is 8.91. The second-order valence-electron chi connectivity index (χ2n) is 12.8. The molecule has 2 heterocycles. The number of rotatable bonds is 18. The lowest BCUT2D eigenvalue weighted by Gasteiger charge is -2.45. The van der Waals surface area contributed by atoms with E-state index in [4.69, 9.17) is 28.4 Å². The Kier molecular flexibility index (Phi) is 15.6. The first-order chi connectivity index (χ1) is 27.0. The van der Waals surface area contributed by atoms with E-state index < -0.39 is 79.5 Å². The number of unbranched alkanes of at least 4 members (excludes halogenated alkanes) is 2. The molecule has 20 nitrogen and oxygen atoms in total. The number of hydrogen-bond acceptors (Lipinski definition) is 19. The summed E-state index contributed by atoms with van der Waals surface area (Å²) in [5.74, 6) is 1.05. The second kappa shape index (κ2) is 20.5. The fourth-order valence-electron chi connectivity index (χ4n) is 5.75. The van der Waals surface area contributed by atoms with Crippen LogP contribution in [-0.2, 0) is 18.9 Å². The summed E-state index contributed by atoms with van der Waals surface area (Å²) in [6, 6.07) is 17.7. The van der Waals surface area contributed by atoms with E-state index in [1.165, 1.54) is 31.4 Å². The van der Waals surface area contributed by atoms with Gasteiger partial charge in [-0.15, -0.1) is 5.11 Å². The Labute approximate surface area is 320 Å². The molecular weight excluding hydrogens is 742 g/mol. The van der Waals surface area contributed by atoms with E-state index in [0.717, 1.165) is 0 Å². The zero-order chi connectivity index (χ0) is 40.2. The summed E-state index contributed by atoms with van der Waals surface area (Å²) in [7, 11) is 1.49. The molecule has 0 amide bonds. The molecule has 0 aromatic heterocycles. The second-order valence-corrected chi connectivity index (χ2v) is 12.8. The summed E-state index contributed by atoms with van der Waals surface area (Å²) in [6.07, 6.45) is -13.1. The molecule has 56 heavy (non-hydrogen) atoms. The van der Waals surface area contributed by atoms with E-state index in [9.17, 15) is 45.9 Å². The number of nitro groups is 1. The largest absolute Gasteiger partial charge is 0.494 e. The van der Waals surface area contributed by atoms with E-state index >= 15 is 0 Å². The Hall–Kier alpha value is -4.58. The van der Waals surface area contributed by atoms with Crippen LogP contribution in [0.4, 0.5) is 28.4 Å². The Morgan fingerprint density at radius 2 is 1.27 bits per heavy atom. The molecule has 3 aromatic rings. The fourth-order valence-corrected chi connectivity index (χ4v) is 5.75. The summed E-state index contributed by atoms with van der Waals surface area (Å²) in [5.41, 5.74) is 1.94. The lowest BCUT2D eigenvalue weighted by molar-refractivity contribution is -0.384. The number of azo groups is 2. The number of aliphatic hydroxyl groups is 7. The molecule has 0 saturated carbocycles. The fraction of sp³-hybridized carbons (Fsp3) is 0.500. The van der Waals surface area contributed by atoms with Gasteiger partial charge in [0.25, 0.3) is 5.69 Å². The van der Waals surface area contributed by atoms with Gasteiger partial charge in [0, 0.05) is 24.8 Å². The van der Waals surface area contributed by atoms with Crippen molar-refractivity contribution in [3.05, 3.63) is 76.8 Å². The van der Waals surface area contributed by atoms with Crippen molar-refractivity contribution in [1.29, 1.82) is 0 Å². The number of methoxy groups -OCH3 is 1. The van der Waals surface area contributed by atoms with Crippen molar-refractivity contribution in [2.24, 2.45) is 20.5 Å². The van der Waals surface area contributed by atoms with Gasteiger partial charge in [0.2, 0.25) is 0 Å². The number of nitro benzene ring substituents is 1. The molecule has 2 saturated heterocycles. The molecule has 3 aromatic carbocycles. The predicted octanol–water partition coefficient (Wildman–Crippen LogP) is 2.62. The van der Waals surface area contributed by atoms with E-state index in [-0.39, 0.29) is 12.3 Å². The third kappa shape index (κ3) is 11.0. The first kappa shape index (κ1) is 42.6. The molecule has 2 fully saturated rings. The highest BCUT2D eigenvalue weighted by molar-refractivity contribution is 5.59. The van der Waals surface area contributed by atoms with E-state index in [2.05, 4.69) is 20.5 Å². The first-order valence-electron chi connectivity index (χ1n) is 17.7. The van der Waals surface area contributed by atoms with Gasteiger partial charge in [0.05, 0.1) is 48.9 Å². The Bertz CT molecular complexity index is 1750. The minimum absolute atomic E-state index is 0.0401. The van der Waals surface area contributed by atoms with E-state index in [1.807, 2.05) is 0 Å². The summed E-state index contributed by atoms with van der Waals surface area (Å²) in [5, 5.41) is 98.6. The Balaban J connectivity index is 1.01. The summed E-state index contributed by atoms with van der Waals surface area (Å²) in [6.45, 7) is -0.769. The molecule has 20 heteroatoms. The molecule has 1 unspecified atom stereocenters. The first-order valence-corrected chi connectivity index (χ1v) is 17.7. The summed E-state index contributed by atoms with van der Waals surface area (Å²) >= 11 is 0. The van der Waals surface area contributed by atoms with Crippen molar-refractivity contribution < 1.29 is 69.1 Å². The highest BCUT2D eigenvalue weighted by atomic mass is 16.7. The monoisotopic (exact) mass is 787 g/mol. The number of hydrogen-bond donors (Lipinski definition) is 7. The van der Waals surface area contributed by atoms with Crippen molar-refractivity contribution in [1.82, 2.24) is 0 Å². The third-order valence-electron chi connectivity index (χ3n) is 8.91. The summed E-state index contributed by atoms with van der Waals surface area (Å²) in [4.78, 5) is 10.3. The van der Waals surface area contributed by atoms with Crippen LogP contribution in [0.2, 0.25) is 0 Å². The van der Waals surface area contributed by atoms with Crippen molar-refractivity contribution >= 4 is 28.4 Å². The van der Waals surface area contributed by atoms with E-state index in [0.29, 0.717) is 60.1 Å². The smallest absolute Gasteiger partial charge is 0.269 e. The molecule has 10 atom stereocenters. The van der Waals surface area contributed by atoms with Gasteiger partial charge in [-0.3, -0.25) is 10.1 Å². The maximum atomic E-state index is 10.8. The molecular formula is C36H45N5O15. The van der Waals surface area contributed by atoms with Gasteiger partial charge in [-0.25, -0.2) is 0 Å². The van der Waals surface area contributed by atoms with Gasteiger partial charge in [0.15, 0.2) is 12.6 Å². The standard InChI is InChI=1S/C36H45N5O15/c1-51-26-17-22(39-37-20-5-10-23(11-6-20)41(49)50)9-14-25(26)40-38-21-7-12-24(13-8-21)52-15-3-2-4-16-53-35-33(48)31(46)34(28(19-43)55-35)56-36-32(47)30(45)29(44)27(18-42)54-36/h5-14,17,27-36,42-48H,2-4,15-16,18-19H2,1H3/t27-,28-,29+,30+,31-,32-,33-,34-,35?,36+/m1/s1. The van der Waals surface area contributed by atoms with Crippen molar-refractivity contribution in [3.63, 3.8) is 0 Å². The SMILES string of the molecule is COc1cc(N=Nc2ccc([N+](=O)[O-])cc2)ccc1N=Nc1ccc(OCCCCCOC2O[C@H](CO)[C@@H](O[C@@H]3O[C@H](CO)[C@H](O)[C@H](O)[C@H]3O)[C@H](O)[C@H]2O)cc1. The maximum Gasteiger partial charge on any atom is 0.269 e. The topological polar surface area (TPSA) is 290 Å². The maximum absolute atomic E-state index is 10.8. The minimum atomic E-state index is -1.75. The van der Waals surface area contributed by atoms with E-state index in [1.54, 1.807) is 42.5 Å². The normalized spacial score (nSPS) is 28.1. The molecule has 5 rings (SSSR count). The molecule has 0 radical (unpaired) electrons. The average molecular weight is 788 g/mol. The number of ether oxygens (including phenoxy) is 6. The van der Waals surface area contributed by atoms with Crippen molar-refractivity contribution in [2.75, 3.05) is 33.5 Å². The number of aliphatic hydroxyl groups excluding tert-OH is 7. The molecule has 0 bridgehead atoms. The van der Waals surface area contributed by atoms with Crippen LogP contribution >= 0.6 is 0 Å². The van der Waals surface area contributed by atoms with Gasteiger partial charge in [-0.1, -0.05) is 0 Å². The lowest BCUT2D eigenvalue weighted by Crippen LogP contribution is -2.64. The number of nitrogens with zero attached hydrogens (tertiary/aromatic N) is 5. The van der Waals surface area contributed by atoms with Crippen LogP contribution < -0.4 is 9.47 Å². The van der Waals surface area contributed by atoms with Gasteiger partial charge in [-0.2, -0.15) is 15.3 Å². The molecule has 304 valence electrons. The van der Waals surface area contributed by atoms with Crippen molar-refractivity contribution in [3.8, 4) is 11.5 Å². The molecule has 2 aliphatic rings. The van der Waals surface area contributed by atoms with Gasteiger partial charge >= 0.3 is 0 Å². The summed E-state index contributed by atoms with van der Waals surface area (Å²) < 4.78 is 33.4. The molecule has 7 N–H and O–H groups in total. The quantitative estimate of drug-likeness (QED) is 0.0422. The average Bonchev–Trinajstić information content (AvgIpc) is 3.21. The van der Waals surface area contributed by atoms with Crippen LogP contribution in [0.1, 0.15) is 19.3 Å². The van der Waals surface area contributed by atoms with Gasteiger partial charge in [-0.05, 0) is 67.8 Å². The molecule has 2 aliphatic heterocycles. The Morgan fingerprint density at radius 1 is 0.679 bits per heavy atom. The van der Waals surface area contributed by atoms with Gasteiger partial charge in [0.1, 0.15) is 66.0 Å². The van der Waals surface area contributed by atoms with Crippen LogP contribution in [0.25, 0.3) is 0 Å². The van der Waals surface area contributed by atoms with Crippen LogP contribution in [0.3, 0.4) is 0 Å². The zero-order valence-corrected chi connectivity index (χ0v) is 30.2. The number of benzene rings is 3. The highest BCUT2D eigenvalue weighted by Crippen LogP contribution is 2.34. The van der Waals surface area contributed by atoms with Gasteiger partial charge < -0.3 is 64.2 Å².